The summed E-state index contributed by atoms with van der Waals surface area (Å²) in [6, 6.07) is 18.8. The molecule has 3 aromatic rings. The molecule has 0 aliphatic rings. The molecule has 6 nitrogen and oxygen atoms in total. The van der Waals surface area contributed by atoms with Gasteiger partial charge in [0.15, 0.2) is 0 Å². The lowest BCUT2D eigenvalue weighted by molar-refractivity contribution is -0.121. The van der Waals surface area contributed by atoms with Gasteiger partial charge in [0.1, 0.15) is 0 Å². The zero-order valence-corrected chi connectivity index (χ0v) is 20.5. The average molecular weight is 504 g/mol. The Kier molecular flexibility index (Phi) is 8.26. The summed E-state index contributed by atoms with van der Waals surface area (Å²) in [5, 5.41) is 4.69. The summed E-state index contributed by atoms with van der Waals surface area (Å²) in [5.74, 6) is -0.584. The van der Waals surface area contributed by atoms with Crippen LogP contribution in [0.4, 0.5) is 0 Å². The van der Waals surface area contributed by atoms with Crippen molar-refractivity contribution in [3.63, 3.8) is 0 Å². The SMILES string of the molecule is Cc1ccc(S(=O)(=O)N(CC(=O)N/N=C\c2cccc(C)c2)Cc2ccc(Cl)cc2Cl)cc1. The molecule has 0 unspecified atom stereocenters. The quantitative estimate of drug-likeness (QED) is 0.348. The molecule has 0 aliphatic carbocycles. The summed E-state index contributed by atoms with van der Waals surface area (Å²) in [6.45, 7) is 3.26. The second-order valence-electron chi connectivity index (χ2n) is 7.53. The molecule has 3 aromatic carbocycles. The number of rotatable bonds is 8. The maximum absolute atomic E-state index is 13.3. The van der Waals surface area contributed by atoms with Crippen LogP contribution in [0.3, 0.4) is 0 Å². The van der Waals surface area contributed by atoms with Crippen molar-refractivity contribution in [3.8, 4) is 0 Å². The number of amides is 1. The Hall–Kier alpha value is -2.71. The van der Waals surface area contributed by atoms with Crippen LogP contribution in [0.25, 0.3) is 0 Å². The minimum atomic E-state index is -3.99. The van der Waals surface area contributed by atoms with Gasteiger partial charge in [-0.25, -0.2) is 13.8 Å². The highest BCUT2D eigenvalue weighted by Crippen LogP contribution is 2.25. The van der Waals surface area contributed by atoms with E-state index in [0.717, 1.165) is 21.0 Å². The fraction of sp³-hybridized carbons (Fsp3) is 0.167. The van der Waals surface area contributed by atoms with Crippen LogP contribution >= 0.6 is 23.2 Å². The van der Waals surface area contributed by atoms with Gasteiger partial charge in [-0.3, -0.25) is 4.79 Å². The number of aryl methyl sites for hydroxylation is 2. The molecule has 0 radical (unpaired) electrons. The lowest BCUT2D eigenvalue weighted by atomic mass is 10.2. The lowest BCUT2D eigenvalue weighted by Crippen LogP contribution is -2.39. The molecule has 0 spiro atoms. The molecule has 0 fully saturated rings. The Morgan fingerprint density at radius 2 is 1.73 bits per heavy atom. The summed E-state index contributed by atoms with van der Waals surface area (Å²) in [6.07, 6.45) is 1.50. The third kappa shape index (κ3) is 6.88. The molecule has 3 rings (SSSR count). The van der Waals surface area contributed by atoms with Crippen molar-refractivity contribution >= 4 is 45.3 Å². The maximum Gasteiger partial charge on any atom is 0.255 e. The van der Waals surface area contributed by atoms with Gasteiger partial charge in [0, 0.05) is 16.6 Å². The number of nitrogens with one attached hydrogen (secondary N) is 1. The monoisotopic (exact) mass is 503 g/mol. The van der Waals surface area contributed by atoms with Gasteiger partial charge >= 0.3 is 0 Å². The van der Waals surface area contributed by atoms with Crippen molar-refractivity contribution in [1.82, 2.24) is 9.73 Å². The molecule has 0 bridgehead atoms. The summed E-state index contributed by atoms with van der Waals surface area (Å²) < 4.78 is 27.7. The largest absolute Gasteiger partial charge is 0.272 e. The van der Waals surface area contributed by atoms with Gasteiger partial charge < -0.3 is 0 Å². The predicted molar refractivity (Wildman–Crippen MR) is 132 cm³/mol. The average Bonchev–Trinajstić information content (AvgIpc) is 2.75. The van der Waals surface area contributed by atoms with Crippen molar-refractivity contribution in [3.05, 3.63) is 99.0 Å². The van der Waals surface area contributed by atoms with Crippen molar-refractivity contribution in [2.24, 2.45) is 5.10 Å². The first-order valence-electron chi connectivity index (χ1n) is 10.0. The maximum atomic E-state index is 13.3. The molecule has 0 saturated heterocycles. The second-order valence-corrected chi connectivity index (χ2v) is 10.3. The van der Waals surface area contributed by atoms with Crippen molar-refractivity contribution in [1.29, 1.82) is 0 Å². The Labute approximate surface area is 203 Å². The van der Waals surface area contributed by atoms with Crippen LogP contribution in [0.15, 0.2) is 76.7 Å². The highest BCUT2D eigenvalue weighted by molar-refractivity contribution is 7.89. The van der Waals surface area contributed by atoms with E-state index in [4.69, 9.17) is 23.2 Å². The van der Waals surface area contributed by atoms with Crippen LogP contribution in [-0.4, -0.2) is 31.4 Å². The lowest BCUT2D eigenvalue weighted by Gasteiger charge is -2.22. The third-order valence-corrected chi connectivity index (χ3v) is 7.18. The first-order chi connectivity index (χ1) is 15.6. The number of hydrogen-bond donors (Lipinski definition) is 1. The van der Waals surface area contributed by atoms with E-state index in [1.807, 2.05) is 38.1 Å². The normalized spacial score (nSPS) is 11.8. The molecule has 0 aliphatic heterocycles. The Bertz CT molecular complexity index is 1280. The van der Waals surface area contributed by atoms with Gasteiger partial charge in [-0.1, -0.05) is 76.8 Å². The van der Waals surface area contributed by atoms with Gasteiger partial charge in [0.25, 0.3) is 5.91 Å². The van der Waals surface area contributed by atoms with Crippen molar-refractivity contribution < 1.29 is 13.2 Å². The van der Waals surface area contributed by atoms with Crippen LogP contribution in [0.5, 0.6) is 0 Å². The summed E-state index contributed by atoms with van der Waals surface area (Å²) in [5.41, 5.74) is 5.70. The molecule has 0 aromatic heterocycles. The van der Waals surface area contributed by atoms with E-state index < -0.39 is 22.5 Å². The van der Waals surface area contributed by atoms with Gasteiger partial charge in [-0.05, 0) is 49.2 Å². The van der Waals surface area contributed by atoms with E-state index in [2.05, 4.69) is 10.5 Å². The van der Waals surface area contributed by atoms with Crippen LogP contribution in [0.2, 0.25) is 10.0 Å². The highest BCUT2D eigenvalue weighted by atomic mass is 35.5. The van der Waals surface area contributed by atoms with Crippen LogP contribution in [-0.2, 0) is 21.4 Å². The Morgan fingerprint density at radius 1 is 1.00 bits per heavy atom. The predicted octanol–water partition coefficient (Wildman–Crippen LogP) is 4.95. The fourth-order valence-corrected chi connectivity index (χ4v) is 4.89. The topological polar surface area (TPSA) is 78.8 Å². The molecular weight excluding hydrogens is 481 g/mol. The van der Waals surface area contributed by atoms with E-state index in [-0.39, 0.29) is 11.4 Å². The molecule has 0 atom stereocenters. The first kappa shape index (κ1) is 24.9. The second kappa shape index (κ2) is 10.9. The smallest absolute Gasteiger partial charge is 0.255 e. The van der Waals surface area contributed by atoms with Gasteiger partial charge in [-0.15, -0.1) is 0 Å². The molecule has 1 N–H and O–H groups in total. The van der Waals surface area contributed by atoms with E-state index >= 15 is 0 Å². The Balaban J connectivity index is 1.82. The van der Waals surface area contributed by atoms with Crippen LogP contribution in [0, 0.1) is 13.8 Å². The number of carbonyl (C=O) groups is 1. The summed E-state index contributed by atoms with van der Waals surface area (Å²) in [7, 11) is -3.99. The van der Waals surface area contributed by atoms with E-state index in [1.54, 1.807) is 24.3 Å². The molecule has 0 saturated carbocycles. The number of hydrazone groups is 1. The molecule has 1 amide bonds. The first-order valence-corrected chi connectivity index (χ1v) is 12.2. The number of halogens is 2. The molecule has 172 valence electrons. The van der Waals surface area contributed by atoms with Gasteiger partial charge in [-0.2, -0.15) is 9.41 Å². The highest BCUT2D eigenvalue weighted by Gasteiger charge is 2.27. The number of sulfonamides is 1. The van der Waals surface area contributed by atoms with Crippen LogP contribution in [0.1, 0.15) is 22.3 Å². The molecule has 33 heavy (non-hydrogen) atoms. The van der Waals surface area contributed by atoms with Crippen molar-refractivity contribution in [2.45, 2.75) is 25.3 Å². The minimum absolute atomic E-state index is 0.0780. The summed E-state index contributed by atoms with van der Waals surface area (Å²) >= 11 is 12.2. The van der Waals surface area contributed by atoms with E-state index in [1.165, 1.54) is 24.4 Å². The minimum Gasteiger partial charge on any atom is -0.272 e. The summed E-state index contributed by atoms with van der Waals surface area (Å²) in [4.78, 5) is 12.7. The fourth-order valence-electron chi connectivity index (χ4n) is 3.05. The number of nitrogens with zero attached hydrogens (tertiary/aromatic N) is 2. The standard InChI is InChI=1S/C24H23Cl2N3O3S/c1-17-6-10-22(11-7-17)33(31,32)29(15-20-8-9-21(25)13-23(20)26)16-24(30)28-27-14-19-5-3-4-18(2)12-19/h3-14H,15-16H2,1-2H3,(H,28,30)/b27-14-. The molecular formula is C24H23Cl2N3O3S. The zero-order chi connectivity index (χ0) is 24.0. The number of hydrogen-bond acceptors (Lipinski definition) is 4. The van der Waals surface area contributed by atoms with Crippen LogP contribution < -0.4 is 5.43 Å². The Morgan fingerprint density at radius 3 is 2.39 bits per heavy atom. The van der Waals surface area contributed by atoms with Gasteiger partial charge in [0.05, 0.1) is 17.7 Å². The molecule has 9 heteroatoms. The third-order valence-electron chi connectivity index (χ3n) is 4.79. The van der Waals surface area contributed by atoms with E-state index in [0.29, 0.717) is 15.6 Å². The number of benzene rings is 3. The zero-order valence-electron chi connectivity index (χ0n) is 18.1. The van der Waals surface area contributed by atoms with Crippen molar-refractivity contribution in [2.75, 3.05) is 6.54 Å². The van der Waals surface area contributed by atoms with Gasteiger partial charge in [0.2, 0.25) is 10.0 Å². The number of carbonyl (C=O) groups excluding carboxylic acids is 1. The molecule has 0 heterocycles. The van der Waals surface area contributed by atoms with E-state index in [9.17, 15) is 13.2 Å².